The molecular weight excluding hydrogens is 664 g/mol. The molecule has 4 amide bonds. The van der Waals surface area contributed by atoms with Gasteiger partial charge in [-0.3, -0.25) is 24.1 Å². The summed E-state index contributed by atoms with van der Waals surface area (Å²) in [6.07, 6.45) is 1.13. The van der Waals surface area contributed by atoms with E-state index < -0.39 is 35.9 Å². The van der Waals surface area contributed by atoms with Gasteiger partial charge in [0.05, 0.1) is 30.7 Å². The van der Waals surface area contributed by atoms with Crippen LogP contribution in [0.1, 0.15) is 63.3 Å². The Hall–Kier alpha value is -5.19. The van der Waals surface area contributed by atoms with E-state index in [1.165, 1.54) is 6.92 Å². The second kappa shape index (κ2) is 20.0. The van der Waals surface area contributed by atoms with Crippen LogP contribution in [-0.2, 0) is 32.1 Å². The van der Waals surface area contributed by atoms with Gasteiger partial charge in [-0.15, -0.1) is 0 Å². The van der Waals surface area contributed by atoms with Crippen molar-refractivity contribution in [3.05, 3.63) is 77.6 Å². The quantitative estimate of drug-likeness (QED) is 0.256. The Labute approximate surface area is 305 Å². The van der Waals surface area contributed by atoms with Crippen LogP contribution < -0.4 is 26.0 Å². The molecule has 2 bridgehead atoms. The first-order valence-electron chi connectivity index (χ1n) is 17.9. The summed E-state index contributed by atoms with van der Waals surface area (Å²) in [7, 11) is 0. The zero-order valence-corrected chi connectivity index (χ0v) is 30.2. The molecule has 0 spiro atoms. The van der Waals surface area contributed by atoms with Crippen LogP contribution in [0.3, 0.4) is 0 Å². The summed E-state index contributed by atoms with van der Waals surface area (Å²) in [6.45, 7) is 7.65. The maximum absolute atomic E-state index is 13.4. The van der Waals surface area contributed by atoms with E-state index >= 15 is 0 Å². The van der Waals surface area contributed by atoms with Crippen molar-refractivity contribution in [3.8, 4) is 23.1 Å². The van der Waals surface area contributed by atoms with Crippen LogP contribution in [0.25, 0.3) is 11.3 Å². The maximum atomic E-state index is 13.4. The van der Waals surface area contributed by atoms with Crippen LogP contribution in [-0.4, -0.2) is 84.6 Å². The molecule has 0 radical (unpaired) electrons. The third-order valence-corrected chi connectivity index (χ3v) is 8.58. The Kier molecular flexibility index (Phi) is 15.2. The molecule has 5 N–H and O–H groups in total. The lowest BCUT2D eigenvalue weighted by Gasteiger charge is -2.26. The van der Waals surface area contributed by atoms with Gasteiger partial charge in [0, 0.05) is 25.2 Å². The maximum Gasteiger partial charge on any atom is 0.257 e. The van der Waals surface area contributed by atoms with Crippen LogP contribution in [0.4, 0.5) is 0 Å². The number of nitrogens with one attached hydrogen (secondary N) is 4. The third kappa shape index (κ3) is 12.5. The molecule has 13 nitrogen and oxygen atoms in total. The van der Waals surface area contributed by atoms with E-state index in [4.69, 9.17) is 9.15 Å². The zero-order valence-electron chi connectivity index (χ0n) is 30.2. The number of benzene rings is 2. The van der Waals surface area contributed by atoms with Crippen LogP contribution in [0.2, 0.25) is 0 Å². The number of aliphatic hydroxyl groups excluding tert-OH is 1. The molecule has 52 heavy (non-hydrogen) atoms. The van der Waals surface area contributed by atoms with Gasteiger partial charge in [-0.05, 0) is 87.0 Å². The highest BCUT2D eigenvalue weighted by Crippen LogP contribution is 2.26. The first-order valence-corrected chi connectivity index (χ1v) is 17.9. The summed E-state index contributed by atoms with van der Waals surface area (Å²) >= 11 is 0. The molecule has 0 saturated heterocycles. The third-order valence-electron chi connectivity index (χ3n) is 8.58. The lowest BCUT2D eigenvalue weighted by Crippen LogP contribution is -2.57. The van der Waals surface area contributed by atoms with Gasteiger partial charge in [0.25, 0.3) is 5.91 Å². The molecule has 1 aliphatic rings. The molecule has 278 valence electrons. The van der Waals surface area contributed by atoms with Crippen molar-refractivity contribution in [3.63, 3.8) is 0 Å². The second-order valence-corrected chi connectivity index (χ2v) is 13.5. The fourth-order valence-corrected chi connectivity index (χ4v) is 5.94. The molecular formula is C39H50N6O7. The molecule has 13 heteroatoms. The van der Waals surface area contributed by atoms with Crippen molar-refractivity contribution in [2.45, 2.75) is 77.6 Å². The normalized spacial score (nSPS) is 19.9. The zero-order chi connectivity index (χ0) is 37.5. The van der Waals surface area contributed by atoms with Gasteiger partial charge in [-0.2, -0.15) is 5.26 Å². The summed E-state index contributed by atoms with van der Waals surface area (Å²) in [5.74, 6) is 0.0744. The van der Waals surface area contributed by atoms with E-state index in [2.05, 4.69) is 32.2 Å². The van der Waals surface area contributed by atoms with E-state index in [-0.39, 0.29) is 24.9 Å². The predicted octanol–water partition coefficient (Wildman–Crippen LogP) is 3.05. The topological polar surface area (TPSA) is 186 Å². The fraction of sp³-hybridized carbons (Fsp3) is 0.462. The van der Waals surface area contributed by atoms with Crippen LogP contribution in [0.15, 0.2) is 65.1 Å². The number of hydrogen-bond donors (Lipinski definition) is 5. The number of hydrogen-bond acceptors (Lipinski definition) is 9. The Bertz CT molecular complexity index is 1700. The van der Waals surface area contributed by atoms with E-state index in [1.807, 2.05) is 44.2 Å². The Balaban J connectivity index is 1.47. The van der Waals surface area contributed by atoms with Gasteiger partial charge in [0.1, 0.15) is 29.4 Å². The number of carbonyl (C=O) groups excluding carboxylic acids is 4. The molecule has 0 unspecified atom stereocenters. The van der Waals surface area contributed by atoms with Crippen LogP contribution in [0.5, 0.6) is 5.75 Å². The van der Waals surface area contributed by atoms with E-state index in [0.29, 0.717) is 74.6 Å². The molecule has 3 aromatic rings. The molecule has 0 saturated carbocycles. The molecule has 3 atom stereocenters. The van der Waals surface area contributed by atoms with Gasteiger partial charge >= 0.3 is 0 Å². The largest absolute Gasteiger partial charge is 0.484 e. The molecule has 0 fully saturated rings. The number of fused-ring (bicyclic) bond motifs is 2. The molecule has 2 aromatic carbocycles. The van der Waals surface area contributed by atoms with Crippen molar-refractivity contribution in [2.75, 3.05) is 32.8 Å². The van der Waals surface area contributed by atoms with Crippen molar-refractivity contribution >= 4 is 23.6 Å². The van der Waals surface area contributed by atoms with Gasteiger partial charge < -0.3 is 35.5 Å². The first-order chi connectivity index (χ1) is 25.0. The minimum Gasteiger partial charge on any atom is -0.484 e. The molecule has 4 rings (SSSR count). The number of amides is 4. The summed E-state index contributed by atoms with van der Waals surface area (Å²) in [5, 5.41) is 31.1. The smallest absolute Gasteiger partial charge is 0.257 e. The molecule has 2 heterocycles. The number of nitriles is 1. The van der Waals surface area contributed by atoms with Crippen molar-refractivity contribution in [2.24, 2.45) is 5.92 Å². The van der Waals surface area contributed by atoms with Gasteiger partial charge in [-0.1, -0.05) is 38.1 Å². The van der Waals surface area contributed by atoms with Crippen LogP contribution in [0, 0.1) is 17.2 Å². The van der Waals surface area contributed by atoms with Gasteiger partial charge in [0.2, 0.25) is 17.7 Å². The number of aliphatic hydroxyl groups is 1. The lowest BCUT2D eigenvalue weighted by atomic mass is 10.0. The predicted molar refractivity (Wildman–Crippen MR) is 195 cm³/mol. The SMILES string of the molecule is CC(C)C[C@H]1NC(=O)Cc2cccc(c2)OCC(=O)NCCCN(Cc2ccc(-c3ccccc3C#N)o2)CCCCNC(=O)[C@H]([C@@H](C)O)NC1=O. The van der Waals surface area contributed by atoms with E-state index in [9.17, 15) is 29.5 Å². The monoisotopic (exact) mass is 714 g/mol. The van der Waals surface area contributed by atoms with Gasteiger partial charge in [0.15, 0.2) is 6.61 Å². The second-order valence-electron chi connectivity index (χ2n) is 13.5. The van der Waals surface area contributed by atoms with Crippen LogP contribution >= 0.6 is 0 Å². The number of ether oxygens (including phenoxy) is 1. The highest BCUT2D eigenvalue weighted by molar-refractivity contribution is 5.92. The number of furan rings is 1. The summed E-state index contributed by atoms with van der Waals surface area (Å²) in [6, 6.07) is 17.9. The van der Waals surface area contributed by atoms with Crippen molar-refractivity contribution in [1.82, 2.24) is 26.2 Å². The van der Waals surface area contributed by atoms with E-state index in [0.717, 1.165) is 17.7 Å². The standard InChI is InChI=1S/C39H50N6O7/c1-26(2)20-33-38(49)44-37(27(3)46)39(50)42-16-6-7-18-45(24-31-14-15-34(52-31)32-13-5-4-11-29(32)23-40)19-9-17-41-36(48)25-51-30-12-8-10-28(21-30)22-35(47)43-33/h4-5,8,10-15,21,26-27,33,37,46H,6-7,9,16-20,22,24-25H2,1-3H3,(H,41,48)(H,42,50)(H,43,47)(H,44,49)/t27-,33-,37+/m1/s1. The minimum atomic E-state index is -1.20. The minimum absolute atomic E-state index is 0.0332. The average Bonchev–Trinajstić information content (AvgIpc) is 3.58. The first kappa shape index (κ1) is 39.6. The summed E-state index contributed by atoms with van der Waals surface area (Å²) in [5.41, 5.74) is 1.88. The summed E-state index contributed by atoms with van der Waals surface area (Å²) < 4.78 is 11.9. The van der Waals surface area contributed by atoms with Crippen molar-refractivity contribution in [1.29, 1.82) is 5.26 Å². The molecule has 1 aliphatic heterocycles. The molecule has 1 aromatic heterocycles. The highest BCUT2D eigenvalue weighted by Gasteiger charge is 2.30. The number of carbonyl (C=O) groups is 4. The van der Waals surface area contributed by atoms with Gasteiger partial charge in [-0.25, -0.2) is 0 Å². The Morgan fingerprint density at radius 2 is 1.65 bits per heavy atom. The summed E-state index contributed by atoms with van der Waals surface area (Å²) in [4.78, 5) is 54.3. The highest BCUT2D eigenvalue weighted by atomic mass is 16.5. The Morgan fingerprint density at radius 3 is 2.42 bits per heavy atom. The number of nitrogens with zero attached hydrogens (tertiary/aromatic N) is 2. The lowest BCUT2D eigenvalue weighted by molar-refractivity contribution is -0.134. The fourth-order valence-electron chi connectivity index (χ4n) is 5.94. The Morgan fingerprint density at radius 1 is 0.885 bits per heavy atom. The average molecular weight is 715 g/mol. The molecule has 0 aliphatic carbocycles. The van der Waals surface area contributed by atoms with Crippen molar-refractivity contribution < 1.29 is 33.4 Å². The number of rotatable bonds is 6. The van der Waals surface area contributed by atoms with E-state index in [1.54, 1.807) is 30.3 Å².